The lowest BCUT2D eigenvalue weighted by Crippen LogP contribution is -2.26. The van der Waals surface area contributed by atoms with E-state index in [9.17, 15) is 8.78 Å². The van der Waals surface area contributed by atoms with E-state index in [1.807, 2.05) is 0 Å². The van der Waals surface area contributed by atoms with Crippen molar-refractivity contribution in [2.75, 3.05) is 0 Å². The van der Waals surface area contributed by atoms with Crippen LogP contribution in [-0.4, -0.2) is 0 Å². The molecule has 0 amide bonds. The van der Waals surface area contributed by atoms with Gasteiger partial charge in [0.05, 0.1) is 0 Å². The van der Waals surface area contributed by atoms with Gasteiger partial charge in [0.15, 0.2) is 11.6 Å². The minimum Gasteiger partial charge on any atom is -0.324 e. The van der Waals surface area contributed by atoms with Gasteiger partial charge in [-0.15, -0.1) is 0 Å². The van der Waals surface area contributed by atoms with Gasteiger partial charge < -0.3 is 5.73 Å². The largest absolute Gasteiger partial charge is 0.324 e. The first-order valence-electron chi connectivity index (χ1n) is 6.28. The normalized spacial score (nSPS) is 26.8. The van der Waals surface area contributed by atoms with E-state index in [1.54, 1.807) is 6.07 Å². The van der Waals surface area contributed by atoms with Crippen molar-refractivity contribution in [3.63, 3.8) is 0 Å². The van der Waals surface area contributed by atoms with Crippen LogP contribution in [-0.2, 0) is 0 Å². The Balaban J connectivity index is 2.12. The molecular formula is C14H19F2N. The summed E-state index contributed by atoms with van der Waals surface area (Å²) in [7, 11) is 0. The SMILES string of the molecule is CC1CCCC(C(N)c2ccc(F)c(F)c2)C1. The fourth-order valence-corrected chi connectivity index (χ4v) is 2.80. The average Bonchev–Trinajstić information content (AvgIpc) is 2.32. The molecule has 0 spiro atoms. The fourth-order valence-electron chi connectivity index (χ4n) is 2.80. The summed E-state index contributed by atoms with van der Waals surface area (Å²) < 4.78 is 26.0. The smallest absolute Gasteiger partial charge is 0.159 e. The lowest BCUT2D eigenvalue weighted by atomic mass is 9.77. The zero-order valence-corrected chi connectivity index (χ0v) is 10.1. The molecule has 0 aromatic heterocycles. The predicted molar refractivity (Wildman–Crippen MR) is 64.4 cm³/mol. The van der Waals surface area contributed by atoms with Gasteiger partial charge in [0.2, 0.25) is 0 Å². The van der Waals surface area contributed by atoms with Gasteiger partial charge in [-0.3, -0.25) is 0 Å². The Kier molecular flexibility index (Phi) is 3.77. The highest BCUT2D eigenvalue weighted by Crippen LogP contribution is 2.36. The van der Waals surface area contributed by atoms with Crippen LogP contribution in [0, 0.1) is 23.5 Å². The van der Waals surface area contributed by atoms with Gasteiger partial charge in [0.1, 0.15) is 0 Å². The molecule has 1 nitrogen and oxygen atoms in total. The number of halogens is 2. The Bertz CT molecular complexity index is 392. The van der Waals surface area contributed by atoms with E-state index in [1.165, 1.54) is 18.9 Å². The third kappa shape index (κ3) is 2.83. The minimum absolute atomic E-state index is 0.173. The molecule has 1 saturated carbocycles. The lowest BCUT2D eigenvalue weighted by Gasteiger charge is -2.31. The van der Waals surface area contributed by atoms with E-state index >= 15 is 0 Å². The maximum Gasteiger partial charge on any atom is 0.159 e. The summed E-state index contributed by atoms with van der Waals surface area (Å²) in [6.45, 7) is 2.23. The molecule has 0 radical (unpaired) electrons. The van der Waals surface area contributed by atoms with Gasteiger partial charge in [0.25, 0.3) is 0 Å². The molecule has 94 valence electrons. The molecule has 0 saturated heterocycles. The third-order valence-electron chi connectivity index (χ3n) is 3.81. The second-order valence-corrected chi connectivity index (χ2v) is 5.23. The summed E-state index contributed by atoms with van der Waals surface area (Å²) in [4.78, 5) is 0. The van der Waals surface area contributed by atoms with Crippen LogP contribution in [0.5, 0.6) is 0 Å². The number of hydrogen-bond donors (Lipinski definition) is 1. The quantitative estimate of drug-likeness (QED) is 0.834. The van der Waals surface area contributed by atoms with Crippen LogP contribution < -0.4 is 5.73 Å². The van der Waals surface area contributed by atoms with E-state index in [0.717, 1.165) is 18.9 Å². The first-order chi connectivity index (χ1) is 8.08. The molecule has 2 rings (SSSR count). The molecule has 1 aliphatic rings. The molecule has 1 fully saturated rings. The van der Waals surface area contributed by atoms with Crippen molar-refractivity contribution in [2.45, 2.75) is 38.6 Å². The number of rotatable bonds is 2. The molecule has 1 aromatic carbocycles. The molecular weight excluding hydrogens is 220 g/mol. The highest BCUT2D eigenvalue weighted by molar-refractivity contribution is 5.21. The number of nitrogens with two attached hydrogens (primary N) is 1. The van der Waals surface area contributed by atoms with Crippen LogP contribution in [0.1, 0.15) is 44.2 Å². The molecule has 3 heteroatoms. The van der Waals surface area contributed by atoms with Gasteiger partial charge in [-0.25, -0.2) is 8.78 Å². The Morgan fingerprint density at radius 2 is 2.00 bits per heavy atom. The van der Waals surface area contributed by atoms with Gasteiger partial charge in [-0.05, 0) is 42.4 Å². The first kappa shape index (κ1) is 12.5. The summed E-state index contributed by atoms with van der Waals surface area (Å²) in [5, 5.41) is 0. The predicted octanol–water partition coefficient (Wildman–Crippen LogP) is 3.79. The summed E-state index contributed by atoms with van der Waals surface area (Å²) in [6, 6.07) is 3.83. The van der Waals surface area contributed by atoms with Gasteiger partial charge in [0, 0.05) is 6.04 Å². The second-order valence-electron chi connectivity index (χ2n) is 5.23. The van der Waals surface area contributed by atoms with E-state index in [2.05, 4.69) is 6.92 Å². The van der Waals surface area contributed by atoms with Crippen LogP contribution in [0.3, 0.4) is 0 Å². The van der Waals surface area contributed by atoms with Crippen molar-refractivity contribution < 1.29 is 8.78 Å². The second kappa shape index (κ2) is 5.13. The average molecular weight is 239 g/mol. The first-order valence-corrected chi connectivity index (χ1v) is 6.28. The van der Waals surface area contributed by atoms with Crippen molar-refractivity contribution in [2.24, 2.45) is 17.6 Å². The Morgan fingerprint density at radius 3 is 2.65 bits per heavy atom. The van der Waals surface area contributed by atoms with E-state index in [-0.39, 0.29) is 6.04 Å². The van der Waals surface area contributed by atoms with Gasteiger partial charge in [-0.2, -0.15) is 0 Å². The van der Waals surface area contributed by atoms with Crippen LogP contribution in [0.2, 0.25) is 0 Å². The van der Waals surface area contributed by atoms with Crippen LogP contribution in [0.15, 0.2) is 18.2 Å². The summed E-state index contributed by atoms with van der Waals surface area (Å²) in [6.07, 6.45) is 4.61. The van der Waals surface area contributed by atoms with Crippen LogP contribution in [0.4, 0.5) is 8.78 Å². The maximum absolute atomic E-state index is 13.2. The Hall–Kier alpha value is -0.960. The Labute approximate surface area is 101 Å². The summed E-state index contributed by atoms with van der Waals surface area (Å²) >= 11 is 0. The van der Waals surface area contributed by atoms with Crippen molar-refractivity contribution in [3.8, 4) is 0 Å². The topological polar surface area (TPSA) is 26.0 Å². The molecule has 1 aliphatic carbocycles. The monoisotopic (exact) mass is 239 g/mol. The third-order valence-corrected chi connectivity index (χ3v) is 3.81. The van der Waals surface area contributed by atoms with Gasteiger partial charge >= 0.3 is 0 Å². The van der Waals surface area contributed by atoms with Crippen molar-refractivity contribution in [1.82, 2.24) is 0 Å². The molecule has 2 N–H and O–H groups in total. The summed E-state index contributed by atoms with van der Waals surface area (Å²) in [5.41, 5.74) is 6.87. The standard InChI is InChI=1S/C14H19F2N/c1-9-3-2-4-10(7-9)14(17)11-5-6-12(15)13(16)8-11/h5-6,8-10,14H,2-4,7,17H2,1H3. The summed E-state index contributed by atoms with van der Waals surface area (Å²) in [5.74, 6) is -0.534. The van der Waals surface area contributed by atoms with E-state index in [0.29, 0.717) is 17.4 Å². The van der Waals surface area contributed by atoms with Crippen molar-refractivity contribution in [1.29, 1.82) is 0 Å². The molecule has 1 aromatic rings. The minimum atomic E-state index is -0.807. The highest BCUT2D eigenvalue weighted by atomic mass is 19.2. The zero-order valence-electron chi connectivity index (χ0n) is 10.1. The highest BCUT2D eigenvalue weighted by Gasteiger charge is 2.25. The number of benzene rings is 1. The van der Waals surface area contributed by atoms with E-state index in [4.69, 9.17) is 5.73 Å². The molecule has 3 atom stereocenters. The van der Waals surface area contributed by atoms with Crippen molar-refractivity contribution >= 4 is 0 Å². The fraction of sp³-hybridized carbons (Fsp3) is 0.571. The number of hydrogen-bond acceptors (Lipinski definition) is 1. The molecule has 0 heterocycles. The maximum atomic E-state index is 13.2. The molecule has 0 aliphatic heterocycles. The Morgan fingerprint density at radius 1 is 1.24 bits per heavy atom. The van der Waals surface area contributed by atoms with Crippen LogP contribution in [0.25, 0.3) is 0 Å². The lowest BCUT2D eigenvalue weighted by molar-refractivity contribution is 0.247. The molecule has 0 bridgehead atoms. The molecule has 3 unspecified atom stereocenters. The van der Waals surface area contributed by atoms with E-state index < -0.39 is 11.6 Å². The zero-order chi connectivity index (χ0) is 12.4. The van der Waals surface area contributed by atoms with Gasteiger partial charge in [-0.1, -0.05) is 25.8 Å². The van der Waals surface area contributed by atoms with Crippen LogP contribution >= 0.6 is 0 Å². The van der Waals surface area contributed by atoms with Crippen molar-refractivity contribution in [3.05, 3.63) is 35.4 Å². The molecule has 17 heavy (non-hydrogen) atoms.